The van der Waals surface area contributed by atoms with Crippen molar-refractivity contribution in [3.05, 3.63) is 42.4 Å². The second kappa shape index (κ2) is 6.77. The maximum atomic E-state index is 12.9. The van der Waals surface area contributed by atoms with Gasteiger partial charge in [0.25, 0.3) is 0 Å². The van der Waals surface area contributed by atoms with Crippen LogP contribution in [0, 0.1) is 0 Å². The van der Waals surface area contributed by atoms with Crippen molar-refractivity contribution < 1.29 is 13.2 Å². The Bertz CT molecular complexity index is 995. The Kier molecular flexibility index (Phi) is 4.69. The highest BCUT2D eigenvalue weighted by Crippen LogP contribution is 2.23. The van der Waals surface area contributed by atoms with Gasteiger partial charge in [-0.1, -0.05) is 23.3 Å². The Labute approximate surface area is 145 Å². The Morgan fingerprint density at radius 2 is 2.00 bits per heavy atom. The fourth-order valence-corrected chi connectivity index (χ4v) is 4.09. The van der Waals surface area contributed by atoms with Gasteiger partial charge in [0, 0.05) is 18.1 Å². The molecule has 3 aromatic rings. The number of fused-ring (bicyclic) bond motifs is 1. The number of hydrogen-bond acceptors (Lipinski definition) is 6. The number of hydrogen-bond donors (Lipinski definition) is 1. The topological polar surface area (TPSA) is 99.0 Å². The Morgan fingerprint density at radius 3 is 2.72 bits per heavy atom. The highest BCUT2D eigenvalue weighted by Gasteiger charge is 2.25. The number of aromatic nitrogens is 4. The van der Waals surface area contributed by atoms with E-state index in [-0.39, 0.29) is 4.90 Å². The summed E-state index contributed by atoms with van der Waals surface area (Å²) in [5.41, 5.74) is 0.430. The Hall–Kier alpha value is -2.52. The summed E-state index contributed by atoms with van der Waals surface area (Å²) in [6.45, 7) is 4.18. The van der Waals surface area contributed by atoms with Gasteiger partial charge in [0.05, 0.1) is 18.7 Å². The Balaban J connectivity index is 1.97. The van der Waals surface area contributed by atoms with E-state index >= 15 is 0 Å². The second-order valence-corrected chi connectivity index (χ2v) is 7.15. The van der Waals surface area contributed by atoms with Crippen molar-refractivity contribution in [2.24, 2.45) is 0 Å². The first-order chi connectivity index (χ1) is 12.0. The maximum Gasteiger partial charge on any atom is 0.316 e. The molecule has 3 rings (SSSR count). The minimum atomic E-state index is -3.79. The first-order valence-electron chi connectivity index (χ1n) is 7.81. The van der Waals surface area contributed by atoms with Gasteiger partial charge in [-0.25, -0.2) is 13.1 Å². The molecule has 8 nitrogen and oxygen atoms in total. The van der Waals surface area contributed by atoms with Crippen LogP contribution < -0.4 is 9.46 Å². The summed E-state index contributed by atoms with van der Waals surface area (Å²) >= 11 is 0. The van der Waals surface area contributed by atoms with Gasteiger partial charge in [-0.2, -0.15) is 0 Å². The molecule has 0 fully saturated rings. The molecule has 0 saturated carbocycles. The molecule has 2 aromatic heterocycles. The van der Waals surface area contributed by atoms with Gasteiger partial charge in [-0.15, -0.1) is 5.10 Å². The fraction of sp³-hybridized carbons (Fsp3) is 0.312. The van der Waals surface area contributed by atoms with Gasteiger partial charge >= 0.3 is 6.01 Å². The molecular formula is C16H19N5O3S. The molecular weight excluding hydrogens is 342 g/mol. The Morgan fingerprint density at radius 1 is 1.24 bits per heavy atom. The number of nitrogens with zero attached hydrogens (tertiary/aromatic N) is 4. The van der Waals surface area contributed by atoms with Gasteiger partial charge in [-0.05, 0) is 26.0 Å². The molecule has 0 unspecified atom stereocenters. The number of ether oxygens (including phenoxy) is 1. The molecule has 0 amide bonds. The van der Waals surface area contributed by atoms with Crippen LogP contribution in [0.15, 0.2) is 41.4 Å². The number of methoxy groups -OCH3 is 1. The summed E-state index contributed by atoms with van der Waals surface area (Å²) in [5.74, 6) is 0.483. The molecule has 0 radical (unpaired) electrons. The molecule has 9 heteroatoms. The highest BCUT2D eigenvalue weighted by molar-refractivity contribution is 7.89. The lowest BCUT2D eigenvalue weighted by atomic mass is 10.2. The lowest BCUT2D eigenvalue weighted by molar-refractivity contribution is 0.354. The molecule has 0 aliphatic rings. The van der Waals surface area contributed by atoms with E-state index in [0.29, 0.717) is 23.9 Å². The molecule has 132 valence electrons. The third kappa shape index (κ3) is 3.20. The summed E-state index contributed by atoms with van der Waals surface area (Å²) in [7, 11) is -2.29. The predicted molar refractivity (Wildman–Crippen MR) is 92.7 cm³/mol. The van der Waals surface area contributed by atoms with Crippen molar-refractivity contribution in [3.8, 4) is 6.01 Å². The van der Waals surface area contributed by atoms with E-state index in [9.17, 15) is 8.42 Å². The summed E-state index contributed by atoms with van der Waals surface area (Å²) in [5, 5.41) is 8.73. The maximum absolute atomic E-state index is 12.9. The van der Waals surface area contributed by atoms with Crippen LogP contribution in [-0.2, 0) is 16.6 Å². The van der Waals surface area contributed by atoms with E-state index in [0.717, 1.165) is 5.39 Å². The standard InChI is InChI=1S/C16H19N5O3S/c1-4-21-15(18-19-16(21)24-3)11(2)20-25(22,23)13-9-5-7-12-8-6-10-17-14(12)13/h5-11,20H,4H2,1-3H3/t11-/m1/s1. The molecule has 2 heterocycles. The molecule has 1 N–H and O–H groups in total. The van der Waals surface area contributed by atoms with E-state index in [4.69, 9.17) is 4.74 Å². The van der Waals surface area contributed by atoms with Crippen LogP contribution in [0.3, 0.4) is 0 Å². The molecule has 0 aliphatic heterocycles. The van der Waals surface area contributed by atoms with Crippen LogP contribution in [-0.4, -0.2) is 35.3 Å². The fourth-order valence-electron chi connectivity index (χ4n) is 2.71. The molecule has 1 atom stereocenters. The third-order valence-corrected chi connectivity index (χ3v) is 5.42. The molecule has 0 aliphatic carbocycles. The van der Waals surface area contributed by atoms with Crippen LogP contribution in [0.25, 0.3) is 10.9 Å². The number of benzene rings is 1. The minimum absolute atomic E-state index is 0.131. The third-order valence-electron chi connectivity index (χ3n) is 3.85. The van der Waals surface area contributed by atoms with Crippen molar-refractivity contribution in [3.63, 3.8) is 0 Å². The number of pyridine rings is 1. The van der Waals surface area contributed by atoms with Gasteiger partial charge in [0.1, 0.15) is 4.90 Å². The van der Waals surface area contributed by atoms with Crippen molar-refractivity contribution in [1.82, 2.24) is 24.5 Å². The smallest absolute Gasteiger partial charge is 0.316 e. The SMILES string of the molecule is CCn1c(OC)nnc1[C@@H](C)NS(=O)(=O)c1cccc2cccnc12. The van der Waals surface area contributed by atoms with Crippen LogP contribution >= 0.6 is 0 Å². The van der Waals surface area contributed by atoms with Crippen molar-refractivity contribution >= 4 is 20.9 Å². The van der Waals surface area contributed by atoms with Gasteiger partial charge in [0.2, 0.25) is 10.0 Å². The van der Waals surface area contributed by atoms with Crippen LogP contribution in [0.2, 0.25) is 0 Å². The quantitative estimate of drug-likeness (QED) is 0.720. The average molecular weight is 361 g/mol. The minimum Gasteiger partial charge on any atom is -0.467 e. The van der Waals surface area contributed by atoms with Gasteiger partial charge in [-0.3, -0.25) is 9.55 Å². The molecule has 0 spiro atoms. The predicted octanol–water partition coefficient (Wildman–Crippen LogP) is 1.89. The highest BCUT2D eigenvalue weighted by atomic mass is 32.2. The second-order valence-electron chi connectivity index (χ2n) is 5.46. The zero-order valence-electron chi connectivity index (χ0n) is 14.2. The molecule has 0 saturated heterocycles. The monoisotopic (exact) mass is 361 g/mol. The van der Waals surface area contributed by atoms with Crippen LogP contribution in [0.5, 0.6) is 6.01 Å². The summed E-state index contributed by atoms with van der Waals surface area (Å²) in [4.78, 5) is 4.34. The molecule has 25 heavy (non-hydrogen) atoms. The number of nitrogens with one attached hydrogen (secondary N) is 1. The van der Waals surface area contributed by atoms with Crippen molar-refractivity contribution in [2.45, 2.75) is 31.3 Å². The number of para-hydroxylation sites is 1. The normalized spacial score (nSPS) is 13.1. The number of sulfonamides is 1. The van der Waals surface area contributed by atoms with E-state index in [1.54, 1.807) is 29.8 Å². The van der Waals surface area contributed by atoms with Crippen molar-refractivity contribution in [1.29, 1.82) is 0 Å². The average Bonchev–Trinajstić information content (AvgIpc) is 3.04. The lowest BCUT2D eigenvalue weighted by Gasteiger charge is -2.15. The summed E-state index contributed by atoms with van der Waals surface area (Å²) < 4.78 is 35.2. The van der Waals surface area contributed by atoms with Gasteiger partial charge in [0.15, 0.2) is 5.82 Å². The number of rotatable bonds is 6. The van der Waals surface area contributed by atoms with E-state index in [2.05, 4.69) is 19.9 Å². The van der Waals surface area contributed by atoms with E-state index < -0.39 is 16.1 Å². The van der Waals surface area contributed by atoms with E-state index in [1.165, 1.54) is 13.2 Å². The lowest BCUT2D eigenvalue weighted by Crippen LogP contribution is -2.29. The summed E-state index contributed by atoms with van der Waals surface area (Å²) in [6.07, 6.45) is 1.57. The largest absolute Gasteiger partial charge is 0.467 e. The first kappa shape index (κ1) is 17.3. The molecule has 0 bridgehead atoms. The van der Waals surface area contributed by atoms with Crippen molar-refractivity contribution in [2.75, 3.05) is 7.11 Å². The zero-order valence-corrected chi connectivity index (χ0v) is 15.0. The van der Waals surface area contributed by atoms with Crippen LogP contribution in [0.1, 0.15) is 25.7 Å². The first-order valence-corrected chi connectivity index (χ1v) is 9.29. The van der Waals surface area contributed by atoms with E-state index in [1.807, 2.05) is 19.1 Å². The zero-order chi connectivity index (χ0) is 18.0. The summed E-state index contributed by atoms with van der Waals surface area (Å²) in [6, 6.07) is 8.41. The van der Waals surface area contributed by atoms with Crippen LogP contribution in [0.4, 0.5) is 0 Å². The van der Waals surface area contributed by atoms with Gasteiger partial charge < -0.3 is 4.74 Å². The molecule has 1 aromatic carbocycles.